The Morgan fingerprint density at radius 1 is 1.26 bits per heavy atom. The second-order valence-electron chi connectivity index (χ2n) is 5.62. The molecule has 2 aromatic heterocycles. The molecule has 0 saturated carbocycles. The molecule has 4 rings (SSSR count). The van der Waals surface area contributed by atoms with Gasteiger partial charge in [-0.25, -0.2) is 0 Å². The van der Waals surface area contributed by atoms with E-state index in [9.17, 15) is 4.79 Å². The van der Waals surface area contributed by atoms with Crippen LogP contribution in [0.25, 0.3) is 22.4 Å². The molecule has 1 aromatic carbocycles. The molecule has 0 fully saturated rings. The molecule has 0 radical (unpaired) electrons. The van der Waals surface area contributed by atoms with Crippen LogP contribution in [0.5, 0.6) is 0 Å². The van der Waals surface area contributed by atoms with Crippen LogP contribution in [0.3, 0.4) is 0 Å². The maximum absolute atomic E-state index is 12.5. The summed E-state index contributed by atoms with van der Waals surface area (Å²) in [6.07, 6.45) is 9.69. The number of fused-ring (bicyclic) bond motifs is 1. The SMILES string of the molecule is O=c1c(=CC2CC=CCC2)sc2nc(-c3ccc(Br)cc3)nn12. The second kappa shape index (κ2) is 6.02. The van der Waals surface area contributed by atoms with Crippen LogP contribution >= 0.6 is 27.3 Å². The third kappa shape index (κ3) is 2.88. The van der Waals surface area contributed by atoms with Gasteiger partial charge in [-0.2, -0.15) is 9.50 Å². The van der Waals surface area contributed by atoms with E-state index in [0.717, 1.165) is 33.8 Å². The monoisotopic (exact) mass is 387 g/mol. The molecule has 4 nitrogen and oxygen atoms in total. The van der Waals surface area contributed by atoms with Gasteiger partial charge >= 0.3 is 0 Å². The molecule has 0 amide bonds. The molecule has 6 heteroatoms. The van der Waals surface area contributed by atoms with Gasteiger partial charge in [-0.1, -0.05) is 57.6 Å². The summed E-state index contributed by atoms with van der Waals surface area (Å²) in [7, 11) is 0. The van der Waals surface area contributed by atoms with Gasteiger partial charge in [0.25, 0.3) is 5.56 Å². The summed E-state index contributed by atoms with van der Waals surface area (Å²) >= 11 is 4.83. The normalized spacial score (nSPS) is 18.8. The van der Waals surface area contributed by atoms with Crippen molar-refractivity contribution in [3.63, 3.8) is 0 Å². The van der Waals surface area contributed by atoms with Crippen LogP contribution in [0.15, 0.2) is 45.7 Å². The lowest BCUT2D eigenvalue weighted by molar-refractivity contribution is 0.612. The number of rotatable bonds is 2. The van der Waals surface area contributed by atoms with Gasteiger partial charge in [-0.05, 0) is 37.3 Å². The average Bonchev–Trinajstić information content (AvgIpc) is 3.10. The number of thiazole rings is 1. The Labute approximate surface area is 145 Å². The number of benzene rings is 1. The highest BCUT2D eigenvalue weighted by Crippen LogP contribution is 2.21. The van der Waals surface area contributed by atoms with Crippen molar-refractivity contribution in [1.82, 2.24) is 14.6 Å². The predicted molar refractivity (Wildman–Crippen MR) is 96.4 cm³/mol. The van der Waals surface area contributed by atoms with E-state index in [1.54, 1.807) is 0 Å². The van der Waals surface area contributed by atoms with Crippen LogP contribution in [0.1, 0.15) is 19.3 Å². The summed E-state index contributed by atoms with van der Waals surface area (Å²) in [5.41, 5.74) is 0.849. The molecule has 2 heterocycles. The van der Waals surface area contributed by atoms with E-state index >= 15 is 0 Å². The molecule has 0 aliphatic heterocycles. The van der Waals surface area contributed by atoms with Gasteiger partial charge in [0.2, 0.25) is 4.96 Å². The summed E-state index contributed by atoms with van der Waals surface area (Å²) in [6, 6.07) is 7.77. The molecule has 1 unspecified atom stereocenters. The number of nitrogens with zero attached hydrogens (tertiary/aromatic N) is 3. The molecule has 23 heavy (non-hydrogen) atoms. The van der Waals surface area contributed by atoms with Crippen LogP contribution in [0, 0.1) is 5.92 Å². The largest absolute Gasteiger partial charge is 0.290 e. The van der Waals surface area contributed by atoms with Crippen molar-refractivity contribution < 1.29 is 0 Å². The fourth-order valence-electron chi connectivity index (χ4n) is 2.75. The summed E-state index contributed by atoms with van der Waals surface area (Å²) in [5.74, 6) is 1.04. The van der Waals surface area contributed by atoms with Crippen molar-refractivity contribution in [2.24, 2.45) is 5.92 Å². The maximum Gasteiger partial charge on any atom is 0.290 e. The first-order valence-electron chi connectivity index (χ1n) is 7.53. The molecule has 1 aliphatic rings. The lowest BCUT2D eigenvalue weighted by atomic mass is 9.94. The Kier molecular flexibility index (Phi) is 3.87. The molecule has 1 atom stereocenters. The van der Waals surface area contributed by atoms with E-state index in [1.165, 1.54) is 15.9 Å². The van der Waals surface area contributed by atoms with Gasteiger partial charge in [0, 0.05) is 10.0 Å². The quantitative estimate of drug-likeness (QED) is 0.632. The number of allylic oxidation sites excluding steroid dienone is 2. The van der Waals surface area contributed by atoms with Gasteiger partial charge in [0.1, 0.15) is 0 Å². The van der Waals surface area contributed by atoms with Crippen LogP contribution in [0.2, 0.25) is 0 Å². The molecule has 0 bridgehead atoms. The van der Waals surface area contributed by atoms with Crippen LogP contribution in [0.4, 0.5) is 0 Å². The Morgan fingerprint density at radius 3 is 2.78 bits per heavy atom. The van der Waals surface area contributed by atoms with E-state index in [2.05, 4.69) is 44.2 Å². The molecule has 0 saturated heterocycles. The fourth-order valence-corrected chi connectivity index (χ4v) is 3.99. The highest BCUT2D eigenvalue weighted by atomic mass is 79.9. The predicted octanol–water partition coefficient (Wildman–Crippen LogP) is 3.44. The Hall–Kier alpha value is -1.79. The van der Waals surface area contributed by atoms with Crippen LogP contribution in [-0.2, 0) is 0 Å². The number of hydrogen-bond acceptors (Lipinski definition) is 4. The smallest absolute Gasteiger partial charge is 0.266 e. The van der Waals surface area contributed by atoms with E-state index in [0.29, 0.717) is 16.7 Å². The Bertz CT molecular complexity index is 987. The average molecular weight is 388 g/mol. The van der Waals surface area contributed by atoms with Crippen molar-refractivity contribution in [1.29, 1.82) is 0 Å². The van der Waals surface area contributed by atoms with E-state index < -0.39 is 0 Å². The highest BCUT2D eigenvalue weighted by Gasteiger charge is 2.13. The standard InChI is InChI=1S/C17H14BrN3OS/c18-13-8-6-12(7-9-13)15-19-17-21(20-15)16(22)14(23-17)10-11-4-2-1-3-5-11/h1-2,6-11H,3-5H2. The first-order chi connectivity index (χ1) is 11.2. The fraction of sp³-hybridized carbons (Fsp3) is 0.235. The van der Waals surface area contributed by atoms with Crippen LogP contribution < -0.4 is 10.1 Å². The minimum Gasteiger partial charge on any atom is -0.266 e. The van der Waals surface area contributed by atoms with Gasteiger partial charge in [0.15, 0.2) is 5.82 Å². The number of halogens is 1. The lowest BCUT2D eigenvalue weighted by Crippen LogP contribution is -2.25. The Morgan fingerprint density at radius 2 is 2.09 bits per heavy atom. The van der Waals surface area contributed by atoms with E-state index in [1.807, 2.05) is 24.3 Å². The molecular weight excluding hydrogens is 374 g/mol. The third-order valence-electron chi connectivity index (χ3n) is 3.98. The van der Waals surface area contributed by atoms with Crippen molar-refractivity contribution >= 4 is 38.3 Å². The summed E-state index contributed by atoms with van der Waals surface area (Å²) in [4.78, 5) is 17.7. The van der Waals surface area contributed by atoms with Gasteiger partial charge < -0.3 is 0 Å². The molecular formula is C17H14BrN3OS. The lowest BCUT2D eigenvalue weighted by Gasteiger charge is -2.11. The summed E-state index contributed by atoms with van der Waals surface area (Å²) in [5, 5.41) is 4.38. The summed E-state index contributed by atoms with van der Waals surface area (Å²) in [6.45, 7) is 0. The van der Waals surface area contributed by atoms with Crippen molar-refractivity contribution in [3.8, 4) is 11.4 Å². The van der Waals surface area contributed by atoms with E-state index in [-0.39, 0.29) is 5.56 Å². The molecule has 3 aromatic rings. The number of aromatic nitrogens is 3. The first-order valence-corrected chi connectivity index (χ1v) is 9.14. The van der Waals surface area contributed by atoms with Gasteiger partial charge in [-0.3, -0.25) is 4.79 Å². The van der Waals surface area contributed by atoms with Gasteiger partial charge in [0.05, 0.1) is 4.53 Å². The zero-order valence-corrected chi connectivity index (χ0v) is 14.7. The van der Waals surface area contributed by atoms with Crippen molar-refractivity contribution in [3.05, 3.63) is 55.8 Å². The topological polar surface area (TPSA) is 47.3 Å². The molecule has 0 spiro atoms. The van der Waals surface area contributed by atoms with Crippen LogP contribution in [-0.4, -0.2) is 14.6 Å². The number of hydrogen-bond donors (Lipinski definition) is 0. The van der Waals surface area contributed by atoms with Gasteiger partial charge in [-0.15, -0.1) is 5.10 Å². The zero-order valence-electron chi connectivity index (χ0n) is 12.3. The zero-order chi connectivity index (χ0) is 15.8. The summed E-state index contributed by atoms with van der Waals surface area (Å²) < 4.78 is 3.18. The highest BCUT2D eigenvalue weighted by molar-refractivity contribution is 9.10. The van der Waals surface area contributed by atoms with E-state index in [4.69, 9.17) is 0 Å². The molecule has 116 valence electrons. The minimum absolute atomic E-state index is 0.0598. The maximum atomic E-state index is 12.5. The molecule has 1 aliphatic carbocycles. The van der Waals surface area contributed by atoms with Crippen molar-refractivity contribution in [2.75, 3.05) is 0 Å². The van der Waals surface area contributed by atoms with Crippen molar-refractivity contribution in [2.45, 2.75) is 19.3 Å². The first kappa shape index (κ1) is 14.8. The minimum atomic E-state index is -0.0598. The second-order valence-corrected chi connectivity index (χ2v) is 7.54. The Balaban J connectivity index is 1.74. The molecule has 0 N–H and O–H groups in total. The third-order valence-corrected chi connectivity index (χ3v) is 5.49.